The van der Waals surface area contributed by atoms with Crippen LogP contribution >= 0.6 is 0 Å². The minimum Gasteiger partial charge on any atom is -0.375 e. The van der Waals surface area contributed by atoms with Crippen LogP contribution in [0, 0.1) is 6.92 Å². The number of unbranched alkanes of at least 4 members (excludes halogenated alkanes) is 7. The Morgan fingerprint density at radius 3 is 1.74 bits per heavy atom. The second kappa shape index (κ2) is 11.4. The lowest BCUT2D eigenvalue weighted by atomic mass is 9.95. The lowest BCUT2D eigenvalue weighted by Crippen LogP contribution is -2.63. The molecule has 0 aromatic heterocycles. The van der Waals surface area contributed by atoms with Crippen LogP contribution in [0.1, 0.15) is 71.1 Å². The van der Waals surface area contributed by atoms with Crippen LogP contribution in [0.15, 0.2) is 0 Å². The van der Waals surface area contributed by atoms with E-state index in [0.29, 0.717) is 32.1 Å². The quantitative estimate of drug-likeness (QED) is 0.191. The van der Waals surface area contributed by atoms with Crippen LogP contribution < -0.4 is 0 Å². The molecular formula is C18H29F8O. The van der Waals surface area contributed by atoms with Gasteiger partial charge in [-0.3, -0.25) is 0 Å². The van der Waals surface area contributed by atoms with Crippen molar-refractivity contribution in [1.82, 2.24) is 0 Å². The molecule has 0 N–H and O–H groups in total. The summed E-state index contributed by atoms with van der Waals surface area (Å²) in [5.41, 5.74) is 0. The minimum absolute atomic E-state index is 0.137. The van der Waals surface area contributed by atoms with Gasteiger partial charge < -0.3 is 4.74 Å². The fourth-order valence-corrected chi connectivity index (χ4v) is 2.42. The van der Waals surface area contributed by atoms with Crippen LogP contribution in [-0.4, -0.2) is 36.9 Å². The van der Waals surface area contributed by atoms with Crippen molar-refractivity contribution in [2.45, 2.75) is 94.8 Å². The summed E-state index contributed by atoms with van der Waals surface area (Å²) in [4.78, 5) is 0. The number of rotatable bonds is 16. The maximum Gasteiger partial charge on any atom is 0.380 e. The van der Waals surface area contributed by atoms with Gasteiger partial charge in [-0.2, -0.15) is 35.1 Å². The minimum atomic E-state index is -6.24. The van der Waals surface area contributed by atoms with Gasteiger partial charge in [-0.15, -0.1) is 0 Å². The molecule has 0 aromatic rings. The molecule has 0 saturated heterocycles. The molecule has 0 rings (SSSR count). The first-order valence-electron chi connectivity index (χ1n) is 9.25. The molecule has 0 fully saturated rings. The Balaban J connectivity index is 4.82. The average Bonchev–Trinajstić information content (AvgIpc) is 2.57. The summed E-state index contributed by atoms with van der Waals surface area (Å²) in [6.45, 7) is 2.98. The molecule has 0 aliphatic carbocycles. The first kappa shape index (κ1) is 26.4. The highest BCUT2D eigenvalue weighted by Crippen LogP contribution is 2.54. The van der Waals surface area contributed by atoms with E-state index in [1.807, 2.05) is 6.92 Å². The van der Waals surface area contributed by atoms with Crippen LogP contribution in [0.25, 0.3) is 0 Å². The zero-order valence-electron chi connectivity index (χ0n) is 15.6. The molecule has 27 heavy (non-hydrogen) atoms. The van der Waals surface area contributed by atoms with Crippen molar-refractivity contribution in [1.29, 1.82) is 0 Å². The van der Waals surface area contributed by atoms with Crippen molar-refractivity contribution in [3.05, 3.63) is 6.92 Å². The third kappa shape index (κ3) is 7.38. The first-order chi connectivity index (χ1) is 12.4. The highest BCUT2D eigenvalue weighted by Gasteiger charge is 2.79. The Labute approximate surface area is 155 Å². The maximum atomic E-state index is 13.7. The molecule has 0 aromatic carbocycles. The van der Waals surface area contributed by atoms with Gasteiger partial charge in [0.25, 0.3) is 0 Å². The summed E-state index contributed by atoms with van der Waals surface area (Å²) < 4.78 is 114. The molecule has 0 spiro atoms. The highest BCUT2D eigenvalue weighted by molar-refractivity contribution is 5.03. The SMILES string of the molecule is [CH2]CCCCCOCC(F)(F)C(F)(F)C(F)(F)C(F)(F)CCCCCCC. The van der Waals surface area contributed by atoms with Crippen molar-refractivity contribution < 1.29 is 39.9 Å². The first-order valence-corrected chi connectivity index (χ1v) is 9.25. The van der Waals surface area contributed by atoms with Crippen LogP contribution in [-0.2, 0) is 4.74 Å². The molecule has 0 bridgehead atoms. The van der Waals surface area contributed by atoms with Gasteiger partial charge in [-0.05, 0) is 12.8 Å². The lowest BCUT2D eigenvalue weighted by molar-refractivity contribution is -0.372. The van der Waals surface area contributed by atoms with Gasteiger partial charge in [0.15, 0.2) is 0 Å². The molecule has 0 aliphatic rings. The van der Waals surface area contributed by atoms with Crippen molar-refractivity contribution in [2.75, 3.05) is 13.2 Å². The van der Waals surface area contributed by atoms with Crippen LogP contribution in [0.5, 0.6) is 0 Å². The number of hydrogen-bond donors (Lipinski definition) is 0. The Kier molecular flexibility index (Phi) is 11.2. The van der Waals surface area contributed by atoms with Gasteiger partial charge in [0.05, 0.1) is 0 Å². The average molecular weight is 413 g/mol. The molecule has 9 heteroatoms. The molecule has 0 saturated carbocycles. The summed E-state index contributed by atoms with van der Waals surface area (Å²) in [5, 5.41) is 0. The van der Waals surface area contributed by atoms with Crippen molar-refractivity contribution >= 4 is 0 Å². The van der Waals surface area contributed by atoms with Crippen molar-refractivity contribution in [2.24, 2.45) is 0 Å². The number of hydrogen-bond acceptors (Lipinski definition) is 1. The Bertz CT molecular complexity index is 399. The molecule has 0 aliphatic heterocycles. The topological polar surface area (TPSA) is 9.23 Å². The number of ether oxygens (including phenoxy) is 1. The van der Waals surface area contributed by atoms with E-state index in [9.17, 15) is 35.1 Å². The van der Waals surface area contributed by atoms with Crippen LogP contribution in [0.2, 0.25) is 0 Å². The van der Waals surface area contributed by atoms with Gasteiger partial charge in [-0.25, -0.2) is 0 Å². The highest BCUT2D eigenvalue weighted by atomic mass is 19.4. The monoisotopic (exact) mass is 413 g/mol. The third-order valence-corrected chi connectivity index (χ3v) is 4.23. The van der Waals surface area contributed by atoms with E-state index in [-0.39, 0.29) is 19.4 Å². The Morgan fingerprint density at radius 2 is 1.19 bits per heavy atom. The number of alkyl halides is 8. The van der Waals surface area contributed by atoms with Gasteiger partial charge in [0.1, 0.15) is 6.61 Å². The van der Waals surface area contributed by atoms with Gasteiger partial charge in [0, 0.05) is 13.0 Å². The molecular weight excluding hydrogens is 384 g/mol. The summed E-state index contributed by atoms with van der Waals surface area (Å²) >= 11 is 0. The summed E-state index contributed by atoms with van der Waals surface area (Å²) in [5.74, 6) is -23.1. The standard InChI is InChI=1S/C18H29F8O/c1-3-5-7-9-10-12-15(19,20)17(23,24)18(25,26)16(21,22)14-27-13-11-8-6-4-2/h2-14H2,1H3. The summed E-state index contributed by atoms with van der Waals surface area (Å²) in [7, 11) is 0. The van der Waals surface area contributed by atoms with Gasteiger partial charge >= 0.3 is 23.7 Å². The van der Waals surface area contributed by atoms with E-state index in [2.05, 4.69) is 11.7 Å². The molecule has 0 unspecified atom stereocenters. The normalized spacial score (nSPS) is 14.0. The maximum absolute atomic E-state index is 13.7. The van der Waals surface area contributed by atoms with E-state index in [4.69, 9.17) is 0 Å². The lowest BCUT2D eigenvalue weighted by Gasteiger charge is -2.36. The predicted octanol–water partition coefficient (Wildman–Crippen LogP) is 7.30. The molecule has 1 radical (unpaired) electrons. The van der Waals surface area contributed by atoms with E-state index < -0.39 is 43.1 Å². The second-order valence-electron chi connectivity index (χ2n) is 6.69. The van der Waals surface area contributed by atoms with Gasteiger partial charge in [0.2, 0.25) is 0 Å². The molecule has 0 amide bonds. The molecule has 0 heterocycles. The van der Waals surface area contributed by atoms with Gasteiger partial charge in [-0.1, -0.05) is 58.8 Å². The molecule has 163 valence electrons. The van der Waals surface area contributed by atoms with Crippen molar-refractivity contribution in [3.63, 3.8) is 0 Å². The van der Waals surface area contributed by atoms with E-state index >= 15 is 0 Å². The zero-order valence-corrected chi connectivity index (χ0v) is 15.6. The van der Waals surface area contributed by atoms with Crippen LogP contribution in [0.4, 0.5) is 35.1 Å². The largest absolute Gasteiger partial charge is 0.380 e. The van der Waals surface area contributed by atoms with Crippen LogP contribution in [0.3, 0.4) is 0 Å². The fourth-order valence-electron chi connectivity index (χ4n) is 2.42. The second-order valence-corrected chi connectivity index (χ2v) is 6.69. The van der Waals surface area contributed by atoms with E-state index in [1.54, 1.807) is 0 Å². The Morgan fingerprint density at radius 1 is 0.667 bits per heavy atom. The summed E-state index contributed by atoms with van der Waals surface area (Å²) in [6, 6.07) is 0. The van der Waals surface area contributed by atoms with E-state index in [0.717, 1.165) is 6.42 Å². The van der Waals surface area contributed by atoms with E-state index in [1.165, 1.54) is 0 Å². The van der Waals surface area contributed by atoms with Crippen molar-refractivity contribution in [3.8, 4) is 0 Å². The zero-order chi connectivity index (χ0) is 21.2. The smallest absolute Gasteiger partial charge is 0.375 e. The molecule has 0 atom stereocenters. The summed E-state index contributed by atoms with van der Waals surface area (Å²) in [6.07, 6.45) is 2.08. The number of halogens is 8. The predicted molar refractivity (Wildman–Crippen MR) is 87.8 cm³/mol. The fraction of sp³-hybridized carbons (Fsp3) is 0.944. The Hall–Kier alpha value is -0.600. The molecule has 1 nitrogen and oxygen atoms in total. The third-order valence-electron chi connectivity index (χ3n) is 4.23.